The van der Waals surface area contributed by atoms with Gasteiger partial charge in [0.15, 0.2) is 0 Å². The third kappa shape index (κ3) is 3.55. The molecule has 0 saturated carbocycles. The first-order chi connectivity index (χ1) is 7.69. The number of hydrogen-bond donors (Lipinski definition) is 1. The Labute approximate surface area is 99.6 Å². The van der Waals surface area contributed by atoms with Gasteiger partial charge in [-0.3, -0.25) is 0 Å². The Morgan fingerprint density at radius 1 is 1.19 bits per heavy atom. The Balaban J connectivity index is 2.73. The summed E-state index contributed by atoms with van der Waals surface area (Å²) in [5.41, 5.74) is 3.44. The zero-order valence-corrected chi connectivity index (χ0v) is 10.7. The monoisotopic (exact) mass is 220 g/mol. The predicted octanol–water partition coefficient (Wildman–Crippen LogP) is 5.07. The van der Waals surface area contributed by atoms with Gasteiger partial charge in [-0.1, -0.05) is 44.9 Å². The second-order valence-corrected chi connectivity index (χ2v) is 4.66. The number of allylic oxidation sites excluding steroid dienone is 4. The summed E-state index contributed by atoms with van der Waals surface area (Å²) in [5, 5.41) is 10.2. The summed E-state index contributed by atoms with van der Waals surface area (Å²) in [6.45, 7) is 8.40. The average Bonchev–Trinajstić information content (AvgIpc) is 2.28. The molecular formula is C15H24O. The van der Waals surface area contributed by atoms with Crippen LogP contribution in [-0.2, 0) is 0 Å². The van der Waals surface area contributed by atoms with E-state index in [2.05, 4.69) is 26.5 Å². The van der Waals surface area contributed by atoms with Crippen LogP contribution in [0.1, 0.15) is 58.8 Å². The molecule has 1 N–H and O–H groups in total. The Hall–Kier alpha value is -0.980. The molecule has 0 aromatic rings. The first kappa shape index (κ1) is 13.1. The molecule has 0 heterocycles. The maximum Gasteiger partial charge on any atom is 0.118 e. The van der Waals surface area contributed by atoms with Crippen LogP contribution in [0, 0.1) is 0 Å². The molecule has 0 aliphatic heterocycles. The zero-order valence-electron chi connectivity index (χ0n) is 10.7. The van der Waals surface area contributed by atoms with Gasteiger partial charge < -0.3 is 5.11 Å². The summed E-state index contributed by atoms with van der Waals surface area (Å²) in [4.78, 5) is 0. The lowest BCUT2D eigenvalue weighted by atomic mass is 9.89. The molecule has 0 spiro atoms. The molecule has 0 radical (unpaired) electrons. The largest absolute Gasteiger partial charge is 0.508 e. The normalized spacial score (nSPS) is 16.6. The van der Waals surface area contributed by atoms with E-state index in [0.717, 1.165) is 43.3 Å². The second-order valence-electron chi connectivity index (χ2n) is 4.66. The molecule has 0 aromatic heterocycles. The summed E-state index contributed by atoms with van der Waals surface area (Å²) in [5.74, 6) is 0.564. The highest BCUT2D eigenvalue weighted by Gasteiger charge is 2.16. The summed E-state index contributed by atoms with van der Waals surface area (Å²) in [6, 6.07) is 0. The van der Waals surface area contributed by atoms with Gasteiger partial charge in [-0.05, 0) is 43.3 Å². The molecular weight excluding hydrogens is 196 g/mol. The Morgan fingerprint density at radius 2 is 1.81 bits per heavy atom. The molecule has 0 atom stereocenters. The number of aliphatic hydroxyl groups excluding tert-OH is 1. The fourth-order valence-electron chi connectivity index (χ4n) is 2.11. The van der Waals surface area contributed by atoms with E-state index in [9.17, 15) is 5.11 Å². The van der Waals surface area contributed by atoms with Crippen molar-refractivity contribution in [3.05, 3.63) is 35.1 Å². The SMILES string of the molecule is C=C1C=C(CCCC)C(O)=C(CCCC)C1. The standard InChI is InChI=1S/C15H24O/c1-4-6-8-13-10-12(3)11-14(15(13)16)9-7-5-2/h10,16H,3-9,11H2,1-2H3. The summed E-state index contributed by atoms with van der Waals surface area (Å²) in [6.07, 6.45) is 9.58. The maximum atomic E-state index is 10.2. The van der Waals surface area contributed by atoms with Crippen molar-refractivity contribution in [1.29, 1.82) is 0 Å². The Morgan fingerprint density at radius 3 is 2.44 bits per heavy atom. The minimum Gasteiger partial charge on any atom is -0.508 e. The van der Waals surface area contributed by atoms with Gasteiger partial charge in [0.05, 0.1) is 0 Å². The van der Waals surface area contributed by atoms with Crippen LogP contribution in [0.2, 0.25) is 0 Å². The predicted molar refractivity (Wildman–Crippen MR) is 70.5 cm³/mol. The van der Waals surface area contributed by atoms with Crippen molar-refractivity contribution in [2.24, 2.45) is 0 Å². The Bertz CT molecular complexity index is 296. The lowest BCUT2D eigenvalue weighted by Crippen LogP contribution is -2.03. The van der Waals surface area contributed by atoms with E-state index >= 15 is 0 Å². The summed E-state index contributed by atoms with van der Waals surface area (Å²) in [7, 11) is 0. The van der Waals surface area contributed by atoms with Gasteiger partial charge in [0, 0.05) is 0 Å². The smallest absolute Gasteiger partial charge is 0.118 e. The van der Waals surface area contributed by atoms with E-state index in [1.165, 1.54) is 18.4 Å². The van der Waals surface area contributed by atoms with Crippen molar-refractivity contribution in [3.63, 3.8) is 0 Å². The van der Waals surface area contributed by atoms with Crippen LogP contribution < -0.4 is 0 Å². The highest BCUT2D eigenvalue weighted by Crippen LogP contribution is 2.31. The van der Waals surface area contributed by atoms with Crippen LogP contribution in [0.5, 0.6) is 0 Å². The van der Waals surface area contributed by atoms with E-state index in [-0.39, 0.29) is 0 Å². The van der Waals surface area contributed by atoms with E-state index in [1.54, 1.807) is 0 Å². The minimum absolute atomic E-state index is 0.564. The first-order valence-corrected chi connectivity index (χ1v) is 6.48. The number of rotatable bonds is 6. The van der Waals surface area contributed by atoms with Crippen molar-refractivity contribution in [1.82, 2.24) is 0 Å². The third-order valence-corrected chi connectivity index (χ3v) is 3.09. The quantitative estimate of drug-likeness (QED) is 0.663. The fourth-order valence-corrected chi connectivity index (χ4v) is 2.11. The molecule has 16 heavy (non-hydrogen) atoms. The van der Waals surface area contributed by atoms with Crippen LogP contribution in [-0.4, -0.2) is 5.11 Å². The van der Waals surface area contributed by atoms with E-state index in [0.29, 0.717) is 5.76 Å². The van der Waals surface area contributed by atoms with Crippen LogP contribution >= 0.6 is 0 Å². The van der Waals surface area contributed by atoms with E-state index in [4.69, 9.17) is 0 Å². The molecule has 1 aliphatic rings. The molecule has 0 bridgehead atoms. The summed E-state index contributed by atoms with van der Waals surface area (Å²) >= 11 is 0. The summed E-state index contributed by atoms with van der Waals surface area (Å²) < 4.78 is 0. The number of hydrogen-bond acceptors (Lipinski definition) is 1. The van der Waals surface area contributed by atoms with Gasteiger partial charge in [0.2, 0.25) is 0 Å². The van der Waals surface area contributed by atoms with Crippen LogP contribution in [0.4, 0.5) is 0 Å². The highest BCUT2D eigenvalue weighted by molar-refractivity contribution is 5.42. The van der Waals surface area contributed by atoms with Gasteiger partial charge >= 0.3 is 0 Å². The van der Waals surface area contributed by atoms with Crippen molar-refractivity contribution >= 4 is 0 Å². The van der Waals surface area contributed by atoms with Crippen molar-refractivity contribution in [2.45, 2.75) is 58.8 Å². The molecule has 0 fully saturated rings. The average molecular weight is 220 g/mol. The topological polar surface area (TPSA) is 20.2 Å². The fraction of sp³-hybridized carbons (Fsp3) is 0.600. The van der Waals surface area contributed by atoms with E-state index in [1.807, 2.05) is 0 Å². The van der Waals surface area contributed by atoms with Crippen molar-refractivity contribution in [2.75, 3.05) is 0 Å². The third-order valence-electron chi connectivity index (χ3n) is 3.09. The van der Waals surface area contributed by atoms with Gasteiger partial charge in [-0.2, -0.15) is 0 Å². The first-order valence-electron chi connectivity index (χ1n) is 6.48. The Kier molecular flexibility index (Phi) is 5.37. The van der Waals surface area contributed by atoms with Gasteiger partial charge in [-0.15, -0.1) is 0 Å². The lowest BCUT2D eigenvalue weighted by Gasteiger charge is -2.19. The molecule has 0 saturated heterocycles. The molecule has 1 rings (SSSR count). The number of aliphatic hydroxyl groups is 1. The van der Waals surface area contributed by atoms with Crippen LogP contribution in [0.25, 0.3) is 0 Å². The molecule has 0 aromatic carbocycles. The van der Waals surface area contributed by atoms with Gasteiger partial charge in [-0.25, -0.2) is 0 Å². The minimum atomic E-state index is 0.564. The molecule has 1 aliphatic carbocycles. The van der Waals surface area contributed by atoms with E-state index < -0.39 is 0 Å². The molecule has 90 valence electrons. The van der Waals surface area contributed by atoms with Crippen LogP contribution in [0.15, 0.2) is 35.1 Å². The zero-order chi connectivity index (χ0) is 12.0. The molecule has 1 heteroatoms. The van der Waals surface area contributed by atoms with Crippen LogP contribution in [0.3, 0.4) is 0 Å². The molecule has 0 amide bonds. The van der Waals surface area contributed by atoms with Gasteiger partial charge in [0.25, 0.3) is 0 Å². The van der Waals surface area contributed by atoms with Crippen molar-refractivity contribution in [3.8, 4) is 0 Å². The second kappa shape index (κ2) is 6.57. The molecule has 1 nitrogen and oxygen atoms in total. The highest BCUT2D eigenvalue weighted by atomic mass is 16.3. The van der Waals surface area contributed by atoms with Gasteiger partial charge in [0.1, 0.15) is 5.76 Å². The van der Waals surface area contributed by atoms with Crippen molar-refractivity contribution < 1.29 is 5.11 Å². The molecule has 0 unspecified atom stereocenters. The number of unbranched alkanes of at least 4 members (excludes halogenated alkanes) is 2. The lowest BCUT2D eigenvalue weighted by molar-refractivity contribution is 0.402. The maximum absolute atomic E-state index is 10.2.